The Kier molecular flexibility index (Phi) is 4.36. The fourth-order valence-electron chi connectivity index (χ4n) is 3.54. The van der Waals surface area contributed by atoms with Gasteiger partial charge in [-0.15, -0.1) is 0 Å². The van der Waals surface area contributed by atoms with Gasteiger partial charge in [-0.25, -0.2) is 4.79 Å². The van der Waals surface area contributed by atoms with Crippen molar-refractivity contribution in [1.82, 2.24) is 4.98 Å². The number of aryl methyl sites for hydroxylation is 2. The van der Waals surface area contributed by atoms with Gasteiger partial charge >= 0.3 is 5.97 Å². The first-order valence-corrected chi connectivity index (χ1v) is 9.02. The summed E-state index contributed by atoms with van der Waals surface area (Å²) < 4.78 is 5.32. The molecule has 136 valence electrons. The minimum absolute atomic E-state index is 0.0345. The molecule has 0 spiro atoms. The van der Waals surface area contributed by atoms with E-state index in [4.69, 9.17) is 4.74 Å². The molecule has 1 atom stereocenters. The van der Waals surface area contributed by atoms with Gasteiger partial charge in [0, 0.05) is 22.5 Å². The molecule has 1 heterocycles. The number of hydrogen-bond acceptors (Lipinski definition) is 4. The van der Waals surface area contributed by atoms with Crippen LogP contribution in [0.15, 0.2) is 53.3 Å². The number of carbonyl (C=O) groups excluding carboxylic acids is 2. The molecule has 27 heavy (non-hydrogen) atoms. The second kappa shape index (κ2) is 6.83. The van der Waals surface area contributed by atoms with E-state index in [1.807, 2.05) is 12.1 Å². The molecule has 1 N–H and O–H groups in total. The Balaban J connectivity index is 1.54. The van der Waals surface area contributed by atoms with Crippen LogP contribution in [0.4, 0.5) is 0 Å². The van der Waals surface area contributed by atoms with E-state index in [2.05, 4.69) is 4.98 Å². The molecule has 5 nitrogen and oxygen atoms in total. The summed E-state index contributed by atoms with van der Waals surface area (Å²) in [5.41, 5.74) is 3.34. The molecule has 0 saturated heterocycles. The lowest BCUT2D eigenvalue weighted by Crippen LogP contribution is -2.25. The summed E-state index contributed by atoms with van der Waals surface area (Å²) in [5.74, 6) is -0.971. The average Bonchev–Trinajstić information content (AvgIpc) is 3.15. The van der Waals surface area contributed by atoms with Gasteiger partial charge in [0.25, 0.3) is 0 Å². The smallest absolute Gasteiger partial charge is 0.355 e. The van der Waals surface area contributed by atoms with Gasteiger partial charge in [0.05, 0.1) is 0 Å². The van der Waals surface area contributed by atoms with Gasteiger partial charge < -0.3 is 9.72 Å². The minimum Gasteiger partial charge on any atom is -0.450 e. The second-order valence-corrected chi connectivity index (χ2v) is 6.84. The van der Waals surface area contributed by atoms with E-state index in [0.29, 0.717) is 16.5 Å². The highest BCUT2D eigenvalue weighted by Gasteiger charge is 2.23. The molecule has 1 aromatic heterocycles. The zero-order valence-electron chi connectivity index (χ0n) is 15.0. The summed E-state index contributed by atoms with van der Waals surface area (Å²) in [5, 5.41) is 0.497. The molecular formula is C22H19NO4. The molecule has 3 aromatic rings. The Morgan fingerprint density at radius 1 is 1.04 bits per heavy atom. The van der Waals surface area contributed by atoms with Gasteiger partial charge in [-0.3, -0.25) is 9.59 Å². The number of ether oxygens (including phenoxy) is 1. The van der Waals surface area contributed by atoms with Crippen LogP contribution in [-0.2, 0) is 17.6 Å². The monoisotopic (exact) mass is 361 g/mol. The molecule has 0 amide bonds. The molecular weight excluding hydrogens is 342 g/mol. The first-order valence-electron chi connectivity index (χ1n) is 9.02. The molecule has 0 unspecified atom stereocenters. The summed E-state index contributed by atoms with van der Waals surface area (Å²) in [6.07, 6.45) is 2.19. The van der Waals surface area contributed by atoms with Gasteiger partial charge in [-0.05, 0) is 55.5 Å². The number of carbonyl (C=O) groups is 2. The number of fused-ring (bicyclic) bond motifs is 2. The van der Waals surface area contributed by atoms with Gasteiger partial charge in [-0.1, -0.05) is 24.3 Å². The number of rotatable bonds is 4. The summed E-state index contributed by atoms with van der Waals surface area (Å²) in [7, 11) is 0. The van der Waals surface area contributed by atoms with Crippen LogP contribution >= 0.6 is 0 Å². The normalized spacial score (nSPS) is 14.0. The third kappa shape index (κ3) is 3.28. The molecule has 0 aliphatic heterocycles. The van der Waals surface area contributed by atoms with E-state index in [1.54, 1.807) is 37.3 Å². The Bertz CT molecular complexity index is 1110. The van der Waals surface area contributed by atoms with E-state index >= 15 is 0 Å². The predicted molar refractivity (Wildman–Crippen MR) is 102 cm³/mol. The highest BCUT2D eigenvalue weighted by atomic mass is 16.5. The van der Waals surface area contributed by atoms with Crippen molar-refractivity contribution in [3.05, 3.63) is 81.1 Å². The van der Waals surface area contributed by atoms with Gasteiger partial charge in [0.15, 0.2) is 11.5 Å². The quantitative estimate of drug-likeness (QED) is 0.570. The summed E-state index contributed by atoms with van der Waals surface area (Å²) >= 11 is 0. The fraction of sp³-hybridized carbons (Fsp3) is 0.227. The van der Waals surface area contributed by atoms with Crippen LogP contribution in [0.1, 0.15) is 45.3 Å². The Labute approximate surface area is 156 Å². The lowest BCUT2D eigenvalue weighted by Gasteiger charge is -2.13. The molecule has 1 aliphatic rings. The van der Waals surface area contributed by atoms with Crippen molar-refractivity contribution in [2.45, 2.75) is 32.3 Å². The number of nitrogens with one attached hydrogen (secondary N) is 1. The molecule has 1 aliphatic carbocycles. The summed E-state index contributed by atoms with van der Waals surface area (Å²) in [6.45, 7) is 1.55. The predicted octanol–water partition coefficient (Wildman–Crippen LogP) is 3.45. The van der Waals surface area contributed by atoms with Crippen LogP contribution in [-0.4, -0.2) is 22.8 Å². The van der Waals surface area contributed by atoms with Crippen molar-refractivity contribution in [2.75, 3.05) is 0 Å². The number of esters is 1. The molecule has 0 bridgehead atoms. The number of pyridine rings is 1. The molecule has 5 heteroatoms. The number of benzene rings is 2. The van der Waals surface area contributed by atoms with Crippen molar-refractivity contribution in [3.8, 4) is 0 Å². The lowest BCUT2D eigenvalue weighted by atomic mass is 10.0. The number of aromatic nitrogens is 1. The number of ketones is 1. The number of para-hydroxylation sites is 1. The molecule has 0 fully saturated rings. The Morgan fingerprint density at radius 2 is 1.81 bits per heavy atom. The zero-order chi connectivity index (χ0) is 19.0. The Morgan fingerprint density at radius 3 is 2.67 bits per heavy atom. The third-order valence-electron chi connectivity index (χ3n) is 4.99. The van der Waals surface area contributed by atoms with Gasteiger partial charge in [-0.2, -0.15) is 0 Å². The van der Waals surface area contributed by atoms with Crippen LogP contribution in [0, 0.1) is 0 Å². The molecule has 0 saturated carbocycles. The number of Topliss-reactive ketones (excluding diaryl/α,β-unsaturated/α-hetero) is 1. The van der Waals surface area contributed by atoms with E-state index in [9.17, 15) is 14.4 Å². The average molecular weight is 361 g/mol. The van der Waals surface area contributed by atoms with Crippen molar-refractivity contribution in [3.63, 3.8) is 0 Å². The van der Waals surface area contributed by atoms with E-state index in [-0.39, 0.29) is 16.9 Å². The van der Waals surface area contributed by atoms with Gasteiger partial charge in [0.2, 0.25) is 5.78 Å². The maximum atomic E-state index is 12.6. The first-order chi connectivity index (χ1) is 13.0. The van der Waals surface area contributed by atoms with Gasteiger partial charge in [0.1, 0.15) is 5.69 Å². The summed E-state index contributed by atoms with van der Waals surface area (Å²) in [6, 6.07) is 13.8. The first kappa shape index (κ1) is 17.2. The highest BCUT2D eigenvalue weighted by Crippen LogP contribution is 2.23. The zero-order valence-corrected chi connectivity index (χ0v) is 15.0. The van der Waals surface area contributed by atoms with Crippen LogP contribution in [0.25, 0.3) is 10.9 Å². The maximum Gasteiger partial charge on any atom is 0.355 e. The Hall–Kier alpha value is -3.21. The standard InChI is InChI=1S/C22H19NO4/c1-13(21(25)16-10-9-14-5-4-6-15(14)11-16)27-22(26)19-12-20(24)17-7-2-3-8-18(17)23-19/h2-3,7-13H,4-6H2,1H3,(H,23,24)/t13-/m1/s1. The van der Waals surface area contributed by atoms with Crippen LogP contribution < -0.4 is 5.43 Å². The largest absolute Gasteiger partial charge is 0.450 e. The molecule has 4 rings (SSSR count). The van der Waals surface area contributed by atoms with E-state index in [0.717, 1.165) is 19.3 Å². The molecule has 2 aromatic carbocycles. The number of H-pyrrole nitrogens is 1. The molecule has 0 radical (unpaired) electrons. The van der Waals surface area contributed by atoms with Crippen molar-refractivity contribution >= 4 is 22.7 Å². The van der Waals surface area contributed by atoms with Crippen molar-refractivity contribution in [1.29, 1.82) is 0 Å². The maximum absolute atomic E-state index is 12.6. The van der Waals surface area contributed by atoms with Crippen molar-refractivity contribution in [2.24, 2.45) is 0 Å². The number of aromatic amines is 1. The van der Waals surface area contributed by atoms with E-state index in [1.165, 1.54) is 17.2 Å². The number of hydrogen-bond donors (Lipinski definition) is 1. The van der Waals surface area contributed by atoms with Crippen LogP contribution in [0.2, 0.25) is 0 Å². The summed E-state index contributed by atoms with van der Waals surface area (Å²) in [4.78, 5) is 40.1. The lowest BCUT2D eigenvalue weighted by molar-refractivity contribution is 0.0313. The minimum atomic E-state index is -0.938. The third-order valence-corrected chi connectivity index (χ3v) is 4.99. The van der Waals surface area contributed by atoms with Crippen molar-refractivity contribution < 1.29 is 14.3 Å². The highest BCUT2D eigenvalue weighted by molar-refractivity contribution is 6.01. The second-order valence-electron chi connectivity index (χ2n) is 6.84. The topological polar surface area (TPSA) is 76.2 Å². The van der Waals surface area contributed by atoms with E-state index < -0.39 is 12.1 Å². The fourth-order valence-corrected chi connectivity index (χ4v) is 3.54. The van der Waals surface area contributed by atoms with Crippen LogP contribution in [0.3, 0.4) is 0 Å². The van der Waals surface area contributed by atoms with Crippen LogP contribution in [0.5, 0.6) is 0 Å². The SMILES string of the molecule is C[C@@H](OC(=O)c1cc(=O)c2ccccc2[nH]1)C(=O)c1ccc2c(c1)CCC2.